The molecule has 0 saturated heterocycles. The Morgan fingerprint density at radius 3 is 2.54 bits per heavy atom. The van der Waals surface area contributed by atoms with Crippen molar-refractivity contribution in [2.45, 2.75) is 38.1 Å². The quantitative estimate of drug-likeness (QED) is 0.729. The molecule has 0 spiro atoms. The van der Waals surface area contributed by atoms with Crippen LogP contribution in [-0.2, 0) is 6.54 Å². The summed E-state index contributed by atoms with van der Waals surface area (Å²) in [6, 6.07) is 14.4. The van der Waals surface area contributed by atoms with Crippen LogP contribution < -0.4 is 20.8 Å². The van der Waals surface area contributed by atoms with Gasteiger partial charge in [-0.2, -0.15) is 0 Å². The molecule has 1 aliphatic rings. The molecule has 1 aromatic heterocycles. The Kier molecular flexibility index (Phi) is 4.40. The van der Waals surface area contributed by atoms with E-state index in [2.05, 4.69) is 0 Å². The standard InChI is InChI=1S/C22H24N2O4/c1-22(2)20(25)18(23)17-19(28-22)15-6-4-5-7-16(15)24(21(17)26)12-13-8-10-14(27-3)11-9-13/h4-11,18,20,25H,12,23H2,1-3H3. The molecular formula is C22H24N2O4. The molecule has 0 saturated carbocycles. The van der Waals surface area contributed by atoms with E-state index in [1.165, 1.54) is 0 Å². The Morgan fingerprint density at radius 1 is 1.18 bits per heavy atom. The summed E-state index contributed by atoms with van der Waals surface area (Å²) < 4.78 is 13.0. The molecule has 0 bridgehead atoms. The van der Waals surface area contributed by atoms with Gasteiger partial charge in [0.15, 0.2) is 0 Å². The van der Waals surface area contributed by atoms with E-state index in [-0.39, 0.29) is 5.56 Å². The minimum Gasteiger partial charge on any atom is -0.497 e. The minimum atomic E-state index is -0.983. The normalized spacial score (nSPS) is 20.5. The monoisotopic (exact) mass is 380 g/mol. The number of fused-ring (bicyclic) bond motifs is 3. The zero-order chi connectivity index (χ0) is 20.1. The Bertz CT molecular complexity index is 1090. The fourth-order valence-corrected chi connectivity index (χ4v) is 3.79. The summed E-state index contributed by atoms with van der Waals surface area (Å²) in [7, 11) is 1.62. The van der Waals surface area contributed by atoms with Crippen LogP contribution in [0.2, 0.25) is 0 Å². The molecule has 2 heterocycles. The summed E-state index contributed by atoms with van der Waals surface area (Å²) in [6.45, 7) is 3.93. The zero-order valence-corrected chi connectivity index (χ0v) is 16.2. The van der Waals surface area contributed by atoms with Crippen LogP contribution in [0.4, 0.5) is 0 Å². The molecule has 1 aliphatic heterocycles. The van der Waals surface area contributed by atoms with E-state index >= 15 is 0 Å². The number of pyridine rings is 1. The highest BCUT2D eigenvalue weighted by molar-refractivity contribution is 5.87. The van der Waals surface area contributed by atoms with Crippen molar-refractivity contribution >= 4 is 10.9 Å². The van der Waals surface area contributed by atoms with Crippen LogP contribution >= 0.6 is 0 Å². The molecule has 6 nitrogen and oxygen atoms in total. The van der Waals surface area contributed by atoms with Gasteiger partial charge in [-0.3, -0.25) is 4.79 Å². The van der Waals surface area contributed by atoms with Crippen LogP contribution in [0.25, 0.3) is 10.9 Å². The van der Waals surface area contributed by atoms with Gasteiger partial charge in [0.2, 0.25) is 0 Å². The third-order valence-electron chi connectivity index (χ3n) is 5.41. The highest BCUT2D eigenvalue weighted by Gasteiger charge is 2.43. The fraction of sp³-hybridized carbons (Fsp3) is 0.318. The Labute approximate surface area is 163 Å². The van der Waals surface area contributed by atoms with E-state index in [1.807, 2.05) is 48.5 Å². The number of ether oxygens (including phenoxy) is 2. The molecule has 146 valence electrons. The number of nitrogens with zero attached hydrogens (tertiary/aromatic N) is 1. The third kappa shape index (κ3) is 2.85. The number of hydrogen-bond donors (Lipinski definition) is 2. The lowest BCUT2D eigenvalue weighted by molar-refractivity contribution is -0.0567. The first-order valence-electron chi connectivity index (χ1n) is 9.24. The average molecular weight is 380 g/mol. The Hall–Kier alpha value is -2.83. The van der Waals surface area contributed by atoms with Gasteiger partial charge in [0.05, 0.1) is 30.8 Å². The van der Waals surface area contributed by atoms with Gasteiger partial charge < -0.3 is 24.9 Å². The molecule has 0 radical (unpaired) electrons. The number of hydrogen-bond acceptors (Lipinski definition) is 5. The fourth-order valence-electron chi connectivity index (χ4n) is 3.79. The topological polar surface area (TPSA) is 86.7 Å². The second kappa shape index (κ2) is 6.65. The summed E-state index contributed by atoms with van der Waals surface area (Å²) >= 11 is 0. The van der Waals surface area contributed by atoms with E-state index in [1.54, 1.807) is 25.5 Å². The highest BCUT2D eigenvalue weighted by Crippen LogP contribution is 2.41. The summed E-state index contributed by atoms with van der Waals surface area (Å²) in [5, 5.41) is 11.4. The first-order chi connectivity index (χ1) is 13.3. The lowest BCUT2D eigenvalue weighted by atomic mass is 9.87. The molecule has 2 atom stereocenters. The second-order valence-electron chi connectivity index (χ2n) is 7.68. The van der Waals surface area contributed by atoms with Crippen molar-refractivity contribution in [1.82, 2.24) is 4.57 Å². The Morgan fingerprint density at radius 2 is 1.86 bits per heavy atom. The van der Waals surface area contributed by atoms with E-state index in [4.69, 9.17) is 15.2 Å². The van der Waals surface area contributed by atoms with Gasteiger partial charge in [0.25, 0.3) is 5.56 Å². The summed E-state index contributed by atoms with van der Waals surface area (Å²) in [5.74, 6) is 1.22. The van der Waals surface area contributed by atoms with Crippen LogP contribution in [0.1, 0.15) is 31.0 Å². The molecule has 0 aliphatic carbocycles. The molecule has 4 rings (SSSR count). The van der Waals surface area contributed by atoms with E-state index in [0.717, 1.165) is 22.2 Å². The number of nitrogens with two attached hydrogens (primary N) is 1. The maximum Gasteiger partial charge on any atom is 0.260 e. The third-order valence-corrected chi connectivity index (χ3v) is 5.41. The van der Waals surface area contributed by atoms with Crippen LogP contribution in [0, 0.1) is 0 Å². The van der Waals surface area contributed by atoms with Gasteiger partial charge in [-0.25, -0.2) is 0 Å². The van der Waals surface area contributed by atoms with Crippen LogP contribution in [0.15, 0.2) is 53.3 Å². The van der Waals surface area contributed by atoms with Gasteiger partial charge in [-0.1, -0.05) is 24.3 Å². The predicted octanol–water partition coefficient (Wildman–Crippen LogP) is 2.59. The number of para-hydroxylation sites is 1. The van der Waals surface area contributed by atoms with Gasteiger partial charge >= 0.3 is 0 Å². The van der Waals surface area contributed by atoms with Crippen molar-refractivity contribution in [2.24, 2.45) is 5.73 Å². The first kappa shape index (κ1) is 18.5. The van der Waals surface area contributed by atoms with Crippen molar-refractivity contribution in [3.05, 3.63) is 70.0 Å². The maximum atomic E-state index is 13.4. The van der Waals surface area contributed by atoms with E-state index in [0.29, 0.717) is 17.9 Å². The van der Waals surface area contributed by atoms with Crippen molar-refractivity contribution in [3.63, 3.8) is 0 Å². The van der Waals surface area contributed by atoms with E-state index in [9.17, 15) is 9.90 Å². The van der Waals surface area contributed by atoms with Crippen molar-refractivity contribution in [2.75, 3.05) is 7.11 Å². The lowest BCUT2D eigenvalue weighted by Gasteiger charge is -2.41. The van der Waals surface area contributed by atoms with Crippen LogP contribution in [-0.4, -0.2) is 28.5 Å². The summed E-state index contributed by atoms with van der Waals surface area (Å²) in [5.41, 5.74) is 7.21. The molecule has 6 heteroatoms. The predicted molar refractivity (Wildman–Crippen MR) is 108 cm³/mol. The first-order valence-corrected chi connectivity index (χ1v) is 9.24. The van der Waals surface area contributed by atoms with Crippen LogP contribution in [0.5, 0.6) is 11.5 Å². The van der Waals surface area contributed by atoms with E-state index < -0.39 is 17.7 Å². The molecule has 28 heavy (non-hydrogen) atoms. The van der Waals surface area contributed by atoms with Gasteiger partial charge in [0, 0.05) is 5.39 Å². The molecule has 3 aromatic rings. The van der Waals surface area contributed by atoms with Crippen LogP contribution in [0.3, 0.4) is 0 Å². The number of aromatic nitrogens is 1. The Balaban J connectivity index is 1.93. The zero-order valence-electron chi connectivity index (χ0n) is 16.2. The molecule has 0 amide bonds. The smallest absolute Gasteiger partial charge is 0.260 e. The molecule has 2 aromatic carbocycles. The van der Waals surface area contributed by atoms with Gasteiger partial charge in [0.1, 0.15) is 23.2 Å². The molecule has 2 unspecified atom stereocenters. The van der Waals surface area contributed by atoms with Gasteiger partial charge in [-0.05, 0) is 43.7 Å². The van der Waals surface area contributed by atoms with Gasteiger partial charge in [-0.15, -0.1) is 0 Å². The van der Waals surface area contributed by atoms with Crippen molar-refractivity contribution < 1.29 is 14.6 Å². The summed E-state index contributed by atoms with van der Waals surface area (Å²) in [6.07, 6.45) is -0.983. The number of aliphatic hydroxyl groups excluding tert-OH is 1. The maximum absolute atomic E-state index is 13.4. The summed E-state index contributed by atoms with van der Waals surface area (Å²) in [4.78, 5) is 13.4. The molecular weight excluding hydrogens is 356 g/mol. The molecule has 3 N–H and O–H groups in total. The second-order valence-corrected chi connectivity index (χ2v) is 7.68. The van der Waals surface area contributed by atoms with Crippen molar-refractivity contribution in [3.8, 4) is 11.5 Å². The number of benzene rings is 2. The van der Waals surface area contributed by atoms with Crippen molar-refractivity contribution in [1.29, 1.82) is 0 Å². The number of aliphatic hydroxyl groups is 1. The largest absolute Gasteiger partial charge is 0.497 e. The lowest BCUT2D eigenvalue weighted by Crippen LogP contribution is -2.53. The molecule has 0 fully saturated rings. The minimum absolute atomic E-state index is 0.244. The SMILES string of the molecule is COc1ccc(Cn2c(=O)c3c(c4ccccc42)OC(C)(C)C(O)C3N)cc1. The number of rotatable bonds is 3. The average Bonchev–Trinajstić information content (AvgIpc) is 2.69. The highest BCUT2D eigenvalue weighted by atomic mass is 16.5. The number of methoxy groups -OCH3 is 1.